The number of nitrogens with zero attached hydrogens (tertiary/aromatic N) is 1. The number of rotatable bonds is 6. The Morgan fingerprint density at radius 2 is 2.15 bits per heavy atom. The summed E-state index contributed by atoms with van der Waals surface area (Å²) in [5.41, 5.74) is 0.941. The summed E-state index contributed by atoms with van der Waals surface area (Å²) in [6, 6.07) is 7.67. The Morgan fingerprint density at radius 1 is 1.40 bits per heavy atom. The Morgan fingerprint density at radius 3 is 2.75 bits per heavy atom. The number of amides is 1. The van der Waals surface area contributed by atoms with Gasteiger partial charge in [0.15, 0.2) is 0 Å². The van der Waals surface area contributed by atoms with Crippen LogP contribution in [0.4, 0.5) is 0 Å². The van der Waals surface area contributed by atoms with E-state index < -0.39 is 0 Å². The lowest BCUT2D eigenvalue weighted by atomic mass is 10.2. The Bertz CT molecular complexity index is 500. The summed E-state index contributed by atoms with van der Waals surface area (Å²) in [5.74, 6) is -0.427. The van der Waals surface area contributed by atoms with Gasteiger partial charge in [0.2, 0.25) is 5.91 Å². The van der Waals surface area contributed by atoms with Gasteiger partial charge >= 0.3 is 5.97 Å². The van der Waals surface area contributed by atoms with Crippen LogP contribution in [0, 0.1) is 0 Å². The quantitative estimate of drug-likeness (QED) is 0.591. The van der Waals surface area contributed by atoms with E-state index >= 15 is 0 Å². The topological polar surface area (TPSA) is 46.6 Å². The van der Waals surface area contributed by atoms with Crippen molar-refractivity contribution in [3.63, 3.8) is 0 Å². The molecule has 0 radical (unpaired) electrons. The molecule has 0 aliphatic heterocycles. The van der Waals surface area contributed by atoms with Crippen LogP contribution in [0.25, 0.3) is 6.08 Å². The molecule has 0 heterocycles. The number of hydrogen-bond acceptors (Lipinski definition) is 3. The molecule has 0 N–H and O–H groups in total. The van der Waals surface area contributed by atoms with Gasteiger partial charge < -0.3 is 9.64 Å². The smallest absolute Gasteiger partial charge is 0.307 e. The van der Waals surface area contributed by atoms with E-state index in [4.69, 9.17) is 0 Å². The van der Waals surface area contributed by atoms with Crippen molar-refractivity contribution in [3.05, 3.63) is 40.4 Å². The zero-order valence-electron chi connectivity index (χ0n) is 11.6. The van der Waals surface area contributed by atoms with Gasteiger partial charge in [0, 0.05) is 23.6 Å². The predicted octanol–water partition coefficient (Wildman–Crippen LogP) is 2.87. The summed E-state index contributed by atoms with van der Waals surface area (Å²) in [5, 5.41) is 0. The van der Waals surface area contributed by atoms with Crippen LogP contribution in [0.3, 0.4) is 0 Å². The first kappa shape index (κ1) is 16.4. The molecule has 0 aliphatic carbocycles. The van der Waals surface area contributed by atoms with Crippen molar-refractivity contribution in [1.82, 2.24) is 4.90 Å². The summed E-state index contributed by atoms with van der Waals surface area (Å²) >= 11 is 3.38. The van der Waals surface area contributed by atoms with Crippen LogP contribution in [0.5, 0.6) is 0 Å². The van der Waals surface area contributed by atoms with Crippen molar-refractivity contribution in [1.29, 1.82) is 0 Å². The standard InChI is InChI=1S/C15H18BrNO3/c1-3-17(10-9-15(19)20-2)14(18)8-7-12-5-4-6-13(16)11-12/h4-8,11H,3,9-10H2,1-2H3/b8-7+. The van der Waals surface area contributed by atoms with Crippen molar-refractivity contribution >= 4 is 33.9 Å². The minimum atomic E-state index is -0.313. The first-order valence-electron chi connectivity index (χ1n) is 6.36. The number of likely N-dealkylation sites (N-methyl/N-ethyl adjacent to an activating group) is 1. The number of methoxy groups -OCH3 is 1. The van der Waals surface area contributed by atoms with Gasteiger partial charge in [-0.15, -0.1) is 0 Å². The van der Waals surface area contributed by atoms with E-state index in [9.17, 15) is 9.59 Å². The average Bonchev–Trinajstić information content (AvgIpc) is 2.45. The molecule has 0 bridgehead atoms. The number of hydrogen-bond donors (Lipinski definition) is 0. The third-order valence-electron chi connectivity index (χ3n) is 2.77. The first-order chi connectivity index (χ1) is 9.56. The lowest BCUT2D eigenvalue weighted by Crippen LogP contribution is -2.31. The van der Waals surface area contributed by atoms with E-state index in [1.165, 1.54) is 13.2 Å². The molecule has 1 amide bonds. The van der Waals surface area contributed by atoms with Gasteiger partial charge in [-0.05, 0) is 30.7 Å². The number of benzene rings is 1. The van der Waals surface area contributed by atoms with E-state index in [2.05, 4.69) is 20.7 Å². The number of halogens is 1. The Kier molecular flexibility index (Phi) is 7.01. The average molecular weight is 340 g/mol. The third kappa shape index (κ3) is 5.57. The zero-order valence-corrected chi connectivity index (χ0v) is 13.2. The molecule has 0 spiro atoms. The summed E-state index contributed by atoms with van der Waals surface area (Å²) in [6.07, 6.45) is 3.48. The van der Waals surface area contributed by atoms with Crippen molar-refractivity contribution < 1.29 is 14.3 Å². The van der Waals surface area contributed by atoms with E-state index in [0.717, 1.165) is 10.0 Å². The van der Waals surface area contributed by atoms with E-state index in [0.29, 0.717) is 13.1 Å². The molecule has 4 nitrogen and oxygen atoms in total. The van der Waals surface area contributed by atoms with E-state index in [-0.39, 0.29) is 18.3 Å². The van der Waals surface area contributed by atoms with Crippen molar-refractivity contribution in [2.45, 2.75) is 13.3 Å². The Balaban J connectivity index is 2.60. The summed E-state index contributed by atoms with van der Waals surface area (Å²) in [7, 11) is 1.34. The largest absolute Gasteiger partial charge is 0.469 e. The third-order valence-corrected chi connectivity index (χ3v) is 3.27. The highest BCUT2D eigenvalue weighted by molar-refractivity contribution is 9.10. The van der Waals surface area contributed by atoms with Crippen molar-refractivity contribution in [2.24, 2.45) is 0 Å². The van der Waals surface area contributed by atoms with Gasteiger partial charge in [0.05, 0.1) is 13.5 Å². The molecule has 20 heavy (non-hydrogen) atoms. The SMILES string of the molecule is CCN(CCC(=O)OC)C(=O)/C=C/c1cccc(Br)c1. The molecule has 0 saturated carbocycles. The van der Waals surface area contributed by atoms with Crippen LogP contribution in [0.1, 0.15) is 18.9 Å². The molecular weight excluding hydrogens is 322 g/mol. The van der Waals surface area contributed by atoms with Crippen molar-refractivity contribution in [2.75, 3.05) is 20.2 Å². The number of carbonyl (C=O) groups excluding carboxylic acids is 2. The molecule has 108 valence electrons. The number of carbonyl (C=O) groups is 2. The second-order valence-corrected chi connectivity index (χ2v) is 5.05. The lowest BCUT2D eigenvalue weighted by molar-refractivity contribution is -0.141. The number of ether oxygens (including phenoxy) is 1. The highest BCUT2D eigenvalue weighted by atomic mass is 79.9. The monoisotopic (exact) mass is 339 g/mol. The molecule has 1 rings (SSSR count). The molecule has 0 fully saturated rings. The van der Waals surface area contributed by atoms with Crippen LogP contribution >= 0.6 is 15.9 Å². The summed E-state index contributed by atoms with van der Waals surface area (Å²) in [6.45, 7) is 2.80. The molecular formula is C15H18BrNO3. The minimum Gasteiger partial charge on any atom is -0.469 e. The fraction of sp³-hybridized carbons (Fsp3) is 0.333. The van der Waals surface area contributed by atoms with Crippen LogP contribution in [0.2, 0.25) is 0 Å². The second kappa shape index (κ2) is 8.53. The van der Waals surface area contributed by atoms with Crippen LogP contribution in [-0.2, 0) is 14.3 Å². The Labute approximate surface area is 127 Å². The van der Waals surface area contributed by atoms with Gasteiger partial charge in [-0.1, -0.05) is 28.1 Å². The maximum atomic E-state index is 12.0. The normalized spacial score (nSPS) is 10.6. The number of esters is 1. The molecule has 5 heteroatoms. The van der Waals surface area contributed by atoms with E-state index in [1.807, 2.05) is 31.2 Å². The van der Waals surface area contributed by atoms with Gasteiger partial charge in [0.1, 0.15) is 0 Å². The summed E-state index contributed by atoms with van der Waals surface area (Å²) in [4.78, 5) is 24.7. The van der Waals surface area contributed by atoms with Gasteiger partial charge in [-0.2, -0.15) is 0 Å². The molecule has 1 aromatic rings. The van der Waals surface area contributed by atoms with E-state index in [1.54, 1.807) is 11.0 Å². The molecule has 0 saturated heterocycles. The minimum absolute atomic E-state index is 0.114. The zero-order chi connectivity index (χ0) is 15.0. The molecule has 0 atom stereocenters. The molecule has 0 aromatic heterocycles. The van der Waals surface area contributed by atoms with Gasteiger partial charge in [-0.25, -0.2) is 0 Å². The highest BCUT2D eigenvalue weighted by Gasteiger charge is 2.10. The molecule has 1 aromatic carbocycles. The predicted molar refractivity (Wildman–Crippen MR) is 82.1 cm³/mol. The van der Waals surface area contributed by atoms with Gasteiger partial charge in [-0.3, -0.25) is 9.59 Å². The fourth-order valence-corrected chi connectivity index (χ4v) is 2.05. The summed E-state index contributed by atoms with van der Waals surface area (Å²) < 4.78 is 5.53. The van der Waals surface area contributed by atoms with Crippen LogP contribution in [-0.4, -0.2) is 37.0 Å². The second-order valence-electron chi connectivity index (χ2n) is 4.13. The first-order valence-corrected chi connectivity index (χ1v) is 7.15. The fourth-order valence-electron chi connectivity index (χ4n) is 1.64. The molecule has 0 aliphatic rings. The van der Waals surface area contributed by atoms with Gasteiger partial charge in [0.25, 0.3) is 0 Å². The Hall–Kier alpha value is -1.62. The maximum absolute atomic E-state index is 12.0. The van der Waals surface area contributed by atoms with Crippen LogP contribution < -0.4 is 0 Å². The van der Waals surface area contributed by atoms with Crippen LogP contribution in [0.15, 0.2) is 34.8 Å². The molecule has 0 unspecified atom stereocenters. The van der Waals surface area contributed by atoms with Crippen molar-refractivity contribution in [3.8, 4) is 0 Å². The lowest BCUT2D eigenvalue weighted by Gasteiger charge is -2.18. The maximum Gasteiger partial charge on any atom is 0.307 e. The highest BCUT2D eigenvalue weighted by Crippen LogP contribution is 2.12.